The Labute approximate surface area is 237 Å². The maximum atomic E-state index is 13.4. The first-order chi connectivity index (χ1) is 17.7. The molecule has 1 rings (SSSR count). The number of hydrogen-bond acceptors (Lipinski definition) is 4. The maximum Gasteiger partial charge on any atom is 0.297 e. The van der Waals surface area contributed by atoms with E-state index in [0.717, 1.165) is 37.7 Å². The number of unbranched alkanes of at least 4 members (excludes halogenated alkanes) is 8. The molecule has 2 atom stereocenters. The summed E-state index contributed by atoms with van der Waals surface area (Å²) in [6.07, 6.45) is 13.9. The summed E-state index contributed by atoms with van der Waals surface area (Å²) in [6, 6.07) is 6.98. The Morgan fingerprint density at radius 2 is 1.24 bits per heavy atom. The summed E-state index contributed by atoms with van der Waals surface area (Å²) in [5.41, 5.74) is 1.03. The predicted octanol–water partition coefficient (Wildman–Crippen LogP) is 10.2. The molecule has 0 aliphatic heterocycles. The summed E-state index contributed by atoms with van der Waals surface area (Å²) in [5, 5.41) is 0.0437. The van der Waals surface area contributed by atoms with Gasteiger partial charge in [-0.15, -0.1) is 0 Å². The fraction of sp³-hybridized carbons (Fsp3) is 0.812. The zero-order valence-corrected chi connectivity index (χ0v) is 28.1. The molecular formula is C32H60O4SSi. The number of hydrogen-bond donors (Lipinski definition) is 0. The molecule has 1 aromatic rings. The summed E-state index contributed by atoms with van der Waals surface area (Å²) in [4.78, 5) is 0.231. The van der Waals surface area contributed by atoms with Crippen LogP contribution in [0.1, 0.15) is 131 Å². The second-order valence-corrected chi connectivity index (χ2v) is 19.6. The van der Waals surface area contributed by atoms with Crippen molar-refractivity contribution in [2.75, 3.05) is 0 Å². The zero-order chi connectivity index (χ0) is 28.8. The smallest absolute Gasteiger partial charge is 0.297 e. The lowest BCUT2D eigenvalue weighted by atomic mass is 9.98. The van der Waals surface area contributed by atoms with Crippen LogP contribution in [0.15, 0.2) is 29.2 Å². The van der Waals surface area contributed by atoms with Crippen molar-refractivity contribution in [2.45, 2.75) is 167 Å². The van der Waals surface area contributed by atoms with E-state index in [2.05, 4.69) is 54.6 Å². The largest absolute Gasteiger partial charge is 0.411 e. The van der Waals surface area contributed by atoms with Gasteiger partial charge < -0.3 is 4.43 Å². The maximum absolute atomic E-state index is 13.4. The quantitative estimate of drug-likeness (QED) is 0.0892. The first kappa shape index (κ1) is 35.3. The van der Waals surface area contributed by atoms with Crippen molar-refractivity contribution in [1.29, 1.82) is 0 Å². The van der Waals surface area contributed by atoms with Gasteiger partial charge in [-0.3, -0.25) is 4.18 Å². The molecular weight excluding hydrogens is 509 g/mol. The molecule has 0 bridgehead atoms. The van der Waals surface area contributed by atoms with Crippen molar-refractivity contribution in [3.63, 3.8) is 0 Å². The molecule has 0 radical (unpaired) electrons. The Morgan fingerprint density at radius 3 is 1.76 bits per heavy atom. The Morgan fingerprint density at radius 1 is 0.763 bits per heavy atom. The van der Waals surface area contributed by atoms with Gasteiger partial charge in [0.05, 0.1) is 11.0 Å². The normalized spacial score (nSPS) is 14.7. The van der Waals surface area contributed by atoms with Crippen LogP contribution in [0, 0.1) is 12.8 Å². The molecule has 222 valence electrons. The average Bonchev–Trinajstić information content (AvgIpc) is 2.81. The van der Waals surface area contributed by atoms with Crippen molar-refractivity contribution >= 4 is 18.4 Å². The minimum absolute atomic E-state index is 0.0437. The minimum atomic E-state index is -3.88. The highest BCUT2D eigenvalue weighted by molar-refractivity contribution is 7.86. The van der Waals surface area contributed by atoms with E-state index in [-0.39, 0.29) is 16.0 Å². The summed E-state index contributed by atoms with van der Waals surface area (Å²) in [6.45, 7) is 20.0. The highest BCUT2D eigenvalue weighted by Crippen LogP contribution is 2.39. The van der Waals surface area contributed by atoms with Crippen LogP contribution >= 0.6 is 0 Å². The number of rotatable bonds is 20. The van der Waals surface area contributed by atoms with Gasteiger partial charge >= 0.3 is 0 Å². The first-order valence-electron chi connectivity index (χ1n) is 15.4. The lowest BCUT2D eigenvalue weighted by molar-refractivity contribution is 0.0346. The van der Waals surface area contributed by atoms with Gasteiger partial charge in [-0.25, -0.2) is 0 Å². The lowest BCUT2D eigenvalue weighted by Gasteiger charge is -2.41. The third-order valence-corrected chi connectivity index (χ3v) is 13.9. The molecule has 0 N–H and O–H groups in total. The van der Waals surface area contributed by atoms with Gasteiger partial charge in [0.2, 0.25) is 0 Å². The molecule has 0 saturated carbocycles. The zero-order valence-electron chi connectivity index (χ0n) is 26.3. The van der Waals surface area contributed by atoms with E-state index in [1.54, 1.807) is 12.1 Å². The fourth-order valence-electron chi connectivity index (χ4n) is 4.47. The monoisotopic (exact) mass is 568 g/mol. The second kappa shape index (κ2) is 17.2. The average molecular weight is 569 g/mol. The van der Waals surface area contributed by atoms with Crippen molar-refractivity contribution in [1.82, 2.24) is 0 Å². The van der Waals surface area contributed by atoms with Crippen molar-refractivity contribution in [3.05, 3.63) is 29.8 Å². The summed E-state index contributed by atoms with van der Waals surface area (Å²) in [7, 11) is -6.00. The van der Waals surface area contributed by atoms with E-state index in [1.165, 1.54) is 44.9 Å². The van der Waals surface area contributed by atoms with E-state index in [1.807, 2.05) is 19.1 Å². The molecule has 0 aliphatic rings. The highest BCUT2D eigenvalue weighted by Gasteiger charge is 2.41. The number of aryl methyl sites for hydroxylation is 1. The van der Waals surface area contributed by atoms with E-state index < -0.39 is 24.5 Å². The molecule has 0 unspecified atom stereocenters. The van der Waals surface area contributed by atoms with Crippen LogP contribution in [0.3, 0.4) is 0 Å². The molecule has 0 fully saturated rings. The van der Waals surface area contributed by atoms with Crippen LogP contribution in [0.25, 0.3) is 0 Å². The molecule has 6 heteroatoms. The Balaban J connectivity index is 3.09. The van der Waals surface area contributed by atoms with E-state index in [9.17, 15) is 8.42 Å². The molecule has 4 nitrogen and oxygen atoms in total. The molecule has 0 aromatic heterocycles. The van der Waals surface area contributed by atoms with Gasteiger partial charge in [0, 0.05) is 0 Å². The van der Waals surface area contributed by atoms with Gasteiger partial charge in [0.1, 0.15) is 6.10 Å². The fourth-order valence-corrected chi connectivity index (χ4v) is 6.98. The Hall–Kier alpha value is -0.693. The Bertz CT molecular complexity index is 856. The second-order valence-electron chi connectivity index (χ2n) is 13.3. The van der Waals surface area contributed by atoms with E-state index >= 15 is 0 Å². The first-order valence-corrected chi connectivity index (χ1v) is 19.7. The van der Waals surface area contributed by atoms with Crippen molar-refractivity contribution in [3.8, 4) is 0 Å². The summed E-state index contributed by atoms with van der Waals surface area (Å²) < 4.78 is 39.9. The Kier molecular flexibility index (Phi) is 16.0. The third-order valence-electron chi connectivity index (χ3n) is 8.09. The van der Waals surface area contributed by atoms with Crippen LogP contribution in [0.5, 0.6) is 0 Å². The van der Waals surface area contributed by atoms with Crippen LogP contribution in [0.4, 0.5) is 0 Å². The van der Waals surface area contributed by atoms with Crippen LogP contribution in [-0.4, -0.2) is 28.9 Å². The van der Waals surface area contributed by atoms with Crippen molar-refractivity contribution < 1.29 is 17.0 Å². The third kappa shape index (κ3) is 13.6. The molecule has 38 heavy (non-hydrogen) atoms. The summed E-state index contributed by atoms with van der Waals surface area (Å²) in [5.74, 6) is 0.668. The van der Waals surface area contributed by atoms with Crippen LogP contribution < -0.4 is 0 Å². The van der Waals surface area contributed by atoms with Crippen molar-refractivity contribution in [2.24, 2.45) is 5.92 Å². The molecule has 0 heterocycles. The van der Waals surface area contributed by atoms with Crippen LogP contribution in [-0.2, 0) is 18.7 Å². The van der Waals surface area contributed by atoms with E-state index in [0.29, 0.717) is 12.3 Å². The summed E-state index contributed by atoms with van der Waals surface area (Å²) >= 11 is 0. The number of benzene rings is 1. The van der Waals surface area contributed by atoms with Gasteiger partial charge in [-0.2, -0.15) is 8.42 Å². The molecule has 0 saturated heterocycles. The minimum Gasteiger partial charge on any atom is -0.411 e. The molecule has 1 aromatic carbocycles. The molecule has 0 spiro atoms. The van der Waals surface area contributed by atoms with E-state index in [4.69, 9.17) is 8.61 Å². The van der Waals surface area contributed by atoms with Gasteiger partial charge in [0.15, 0.2) is 8.32 Å². The highest BCUT2D eigenvalue weighted by atomic mass is 32.2. The molecule has 0 aliphatic carbocycles. The molecule has 0 amide bonds. The topological polar surface area (TPSA) is 52.6 Å². The van der Waals surface area contributed by atoms with Gasteiger partial charge in [0.25, 0.3) is 10.1 Å². The van der Waals surface area contributed by atoms with Crippen LogP contribution in [0.2, 0.25) is 18.1 Å². The standard InChI is InChI=1S/C32H60O4SSi/c1-10-11-12-13-14-15-16-17-21-30(35-37(33,34)29-25-23-28(4)24-26-29)31(22-19-18-20-27(2)3)36-38(8,9)32(5,6)7/h23-27,30-31H,10-22H2,1-9H3/t30-,31-/m1/s1. The SMILES string of the molecule is CCCCCCCCCC[C@@H](OS(=O)(=O)c1ccc(C)cc1)[C@@H](CCCCC(C)C)O[Si](C)(C)C(C)(C)C. The lowest BCUT2D eigenvalue weighted by Crippen LogP contribution is -2.48. The van der Waals surface area contributed by atoms with Gasteiger partial charge in [-0.05, 0) is 55.9 Å². The van der Waals surface area contributed by atoms with Gasteiger partial charge in [-0.1, -0.05) is 130 Å². The predicted molar refractivity (Wildman–Crippen MR) is 166 cm³/mol.